The molecule has 0 aromatic heterocycles. The molecule has 116 valence electrons. The molecule has 2 aliphatic rings. The smallest absolute Gasteiger partial charge is 0.327 e. The minimum absolute atomic E-state index is 0.0802. The first-order chi connectivity index (χ1) is 9.20. The Hall–Kier alpha value is -0.620. The zero-order valence-corrected chi connectivity index (χ0v) is 13.4. The van der Waals surface area contributed by atoms with Crippen LogP contribution in [0, 0.1) is 17.3 Å². The fourth-order valence-corrected chi connectivity index (χ4v) is 5.61. The van der Waals surface area contributed by atoms with Crippen molar-refractivity contribution in [3.63, 3.8) is 0 Å². The van der Waals surface area contributed by atoms with Gasteiger partial charge in [0.2, 0.25) is 0 Å². The first kappa shape index (κ1) is 15.8. The molecule has 0 bridgehead atoms. The summed E-state index contributed by atoms with van der Waals surface area (Å²) >= 11 is 0. The number of carbonyl (C=O) groups excluding carboxylic acids is 1. The van der Waals surface area contributed by atoms with Crippen LogP contribution in [-0.2, 0) is 23.8 Å². The Morgan fingerprint density at radius 1 is 1.35 bits per heavy atom. The first-order valence-corrected chi connectivity index (χ1v) is 8.76. The van der Waals surface area contributed by atoms with Crippen molar-refractivity contribution in [2.45, 2.75) is 58.3 Å². The summed E-state index contributed by atoms with van der Waals surface area (Å²) in [5, 5.41) is -1.22. The summed E-state index contributed by atoms with van der Waals surface area (Å²) in [6.45, 7) is 7.65. The SMILES string of the molecule is CCOC(=O)[C@H]1C(C)(C)[C@@H]2CC[C@@H](C)C[C@H]2OS1(=O)=O. The molecule has 0 aromatic carbocycles. The number of ether oxygens (including phenoxy) is 1. The Morgan fingerprint density at radius 3 is 2.60 bits per heavy atom. The van der Waals surface area contributed by atoms with E-state index in [1.165, 1.54) is 0 Å². The topological polar surface area (TPSA) is 69.7 Å². The molecule has 4 atom stereocenters. The van der Waals surface area contributed by atoms with E-state index in [0.717, 1.165) is 19.3 Å². The van der Waals surface area contributed by atoms with Crippen molar-refractivity contribution in [2.24, 2.45) is 17.3 Å². The molecule has 20 heavy (non-hydrogen) atoms. The van der Waals surface area contributed by atoms with Crippen LogP contribution in [-0.4, -0.2) is 32.3 Å². The molecule has 0 aromatic rings. The van der Waals surface area contributed by atoms with Gasteiger partial charge in [-0.2, -0.15) is 8.42 Å². The maximum absolute atomic E-state index is 12.4. The number of carbonyl (C=O) groups is 1. The van der Waals surface area contributed by atoms with Gasteiger partial charge in [0, 0.05) is 0 Å². The van der Waals surface area contributed by atoms with Gasteiger partial charge < -0.3 is 4.74 Å². The highest BCUT2D eigenvalue weighted by molar-refractivity contribution is 7.88. The Bertz CT molecular complexity index is 482. The lowest BCUT2D eigenvalue weighted by Gasteiger charge is -2.49. The van der Waals surface area contributed by atoms with Crippen molar-refractivity contribution in [3.8, 4) is 0 Å². The van der Waals surface area contributed by atoms with Crippen molar-refractivity contribution in [1.82, 2.24) is 0 Å². The van der Waals surface area contributed by atoms with Crippen molar-refractivity contribution in [2.75, 3.05) is 6.61 Å². The average molecular weight is 304 g/mol. The predicted molar refractivity (Wildman–Crippen MR) is 74.5 cm³/mol. The third kappa shape index (κ3) is 2.60. The molecule has 2 rings (SSSR count). The van der Waals surface area contributed by atoms with Gasteiger partial charge in [-0.25, -0.2) is 0 Å². The van der Waals surface area contributed by atoms with Crippen LogP contribution < -0.4 is 0 Å². The molecule has 0 amide bonds. The van der Waals surface area contributed by atoms with E-state index in [4.69, 9.17) is 8.92 Å². The Balaban J connectivity index is 2.36. The first-order valence-electron chi connectivity index (χ1n) is 7.29. The molecule has 1 heterocycles. The summed E-state index contributed by atoms with van der Waals surface area (Å²) in [7, 11) is -3.92. The molecule has 0 radical (unpaired) electrons. The molecule has 6 heteroatoms. The van der Waals surface area contributed by atoms with Gasteiger partial charge >= 0.3 is 5.97 Å². The number of hydrogen-bond donors (Lipinski definition) is 0. The maximum Gasteiger partial charge on any atom is 0.327 e. The molecule has 1 aliphatic heterocycles. The highest BCUT2D eigenvalue weighted by atomic mass is 32.2. The molecule has 0 N–H and O–H groups in total. The minimum atomic E-state index is -3.92. The van der Waals surface area contributed by atoms with E-state index in [9.17, 15) is 13.2 Å². The molecule has 2 fully saturated rings. The second-order valence-corrected chi connectivity index (χ2v) is 8.26. The minimum Gasteiger partial charge on any atom is -0.465 e. The molecular weight excluding hydrogens is 280 g/mol. The third-order valence-corrected chi connectivity index (χ3v) is 6.63. The van der Waals surface area contributed by atoms with Crippen LogP contribution in [0.2, 0.25) is 0 Å². The molecule has 1 saturated heterocycles. The summed E-state index contributed by atoms with van der Waals surface area (Å²) in [5.74, 6) is -0.146. The van der Waals surface area contributed by atoms with Crippen LogP contribution in [0.5, 0.6) is 0 Å². The fraction of sp³-hybridized carbons (Fsp3) is 0.929. The van der Waals surface area contributed by atoms with Crippen LogP contribution in [0.25, 0.3) is 0 Å². The van der Waals surface area contributed by atoms with Crippen molar-refractivity contribution in [1.29, 1.82) is 0 Å². The molecule has 0 spiro atoms. The van der Waals surface area contributed by atoms with E-state index in [-0.39, 0.29) is 18.6 Å². The number of esters is 1. The normalized spacial score (nSPS) is 38.8. The molecule has 1 saturated carbocycles. The molecular formula is C14H24O5S. The van der Waals surface area contributed by atoms with Crippen molar-refractivity contribution >= 4 is 16.1 Å². The van der Waals surface area contributed by atoms with Crippen LogP contribution in [0.1, 0.15) is 47.0 Å². The van der Waals surface area contributed by atoms with E-state index >= 15 is 0 Å². The quantitative estimate of drug-likeness (QED) is 0.577. The lowest BCUT2D eigenvalue weighted by molar-refractivity contribution is -0.148. The van der Waals surface area contributed by atoms with E-state index in [2.05, 4.69) is 6.92 Å². The highest BCUT2D eigenvalue weighted by Crippen LogP contribution is 2.50. The lowest BCUT2D eigenvalue weighted by atomic mass is 9.65. The fourth-order valence-electron chi connectivity index (χ4n) is 3.72. The summed E-state index contributed by atoms with van der Waals surface area (Å²) < 4.78 is 35.0. The van der Waals surface area contributed by atoms with Gasteiger partial charge in [0.15, 0.2) is 5.25 Å². The van der Waals surface area contributed by atoms with Gasteiger partial charge in [-0.1, -0.05) is 27.2 Å². The van der Waals surface area contributed by atoms with E-state index in [1.807, 2.05) is 13.8 Å². The predicted octanol–water partition coefficient (Wildman–Crippen LogP) is 2.11. The average Bonchev–Trinajstić information content (AvgIpc) is 2.25. The zero-order valence-electron chi connectivity index (χ0n) is 12.6. The van der Waals surface area contributed by atoms with Crippen molar-refractivity contribution in [3.05, 3.63) is 0 Å². The largest absolute Gasteiger partial charge is 0.465 e. The standard InChI is InChI=1S/C14H24O5S/c1-5-18-13(15)12-14(3,4)10-7-6-9(2)8-11(10)19-20(12,16)17/h9-12H,5-8H2,1-4H3/t9-,10-,11-,12+/m1/s1. The van der Waals surface area contributed by atoms with E-state index in [1.54, 1.807) is 6.92 Å². The third-order valence-electron chi connectivity index (χ3n) is 4.73. The monoisotopic (exact) mass is 304 g/mol. The highest BCUT2D eigenvalue weighted by Gasteiger charge is 2.58. The van der Waals surface area contributed by atoms with Gasteiger partial charge in [0.25, 0.3) is 10.1 Å². The number of fused-ring (bicyclic) bond motifs is 1. The van der Waals surface area contributed by atoms with Gasteiger partial charge in [0.05, 0.1) is 12.7 Å². The summed E-state index contributed by atoms with van der Waals surface area (Å²) in [6, 6.07) is 0. The summed E-state index contributed by atoms with van der Waals surface area (Å²) in [6.07, 6.45) is 2.38. The van der Waals surface area contributed by atoms with Gasteiger partial charge in [-0.05, 0) is 37.0 Å². The molecule has 5 nitrogen and oxygen atoms in total. The Kier molecular flexibility index (Phi) is 4.17. The van der Waals surface area contributed by atoms with Crippen LogP contribution in [0.3, 0.4) is 0 Å². The lowest BCUT2D eigenvalue weighted by Crippen LogP contribution is -2.58. The zero-order chi connectivity index (χ0) is 15.1. The van der Waals surface area contributed by atoms with Gasteiger partial charge in [-0.3, -0.25) is 8.98 Å². The number of hydrogen-bond acceptors (Lipinski definition) is 5. The second kappa shape index (κ2) is 5.30. The van der Waals surface area contributed by atoms with Gasteiger partial charge in [-0.15, -0.1) is 0 Å². The second-order valence-electron chi connectivity index (χ2n) is 6.61. The summed E-state index contributed by atoms with van der Waals surface area (Å²) in [5.41, 5.74) is -0.659. The summed E-state index contributed by atoms with van der Waals surface area (Å²) in [4.78, 5) is 12.1. The molecule has 0 unspecified atom stereocenters. The van der Waals surface area contributed by atoms with Crippen molar-refractivity contribution < 1.29 is 22.1 Å². The van der Waals surface area contributed by atoms with Crippen LogP contribution in [0.15, 0.2) is 0 Å². The van der Waals surface area contributed by atoms with E-state index < -0.39 is 26.8 Å². The Morgan fingerprint density at radius 2 is 2.00 bits per heavy atom. The molecule has 1 aliphatic carbocycles. The van der Waals surface area contributed by atoms with Crippen LogP contribution in [0.4, 0.5) is 0 Å². The maximum atomic E-state index is 12.4. The number of rotatable bonds is 2. The van der Waals surface area contributed by atoms with E-state index in [0.29, 0.717) is 5.92 Å². The Labute approximate surface area is 121 Å². The van der Waals surface area contributed by atoms with Crippen LogP contribution >= 0.6 is 0 Å². The van der Waals surface area contributed by atoms with Gasteiger partial charge in [0.1, 0.15) is 0 Å².